The molecule has 1 rings (SSSR count). The van der Waals surface area contributed by atoms with Gasteiger partial charge in [-0.2, -0.15) is 12.7 Å². The van der Waals surface area contributed by atoms with Crippen molar-refractivity contribution in [1.82, 2.24) is 9.03 Å². The fraction of sp³-hybridized carbons (Fsp3) is 0.900. The van der Waals surface area contributed by atoms with Crippen molar-refractivity contribution in [2.24, 2.45) is 5.73 Å². The Balaban J connectivity index is 2.73. The number of ether oxygens (including phenoxy) is 1. The highest BCUT2D eigenvalue weighted by molar-refractivity contribution is 7.87. The van der Waals surface area contributed by atoms with E-state index in [-0.39, 0.29) is 12.1 Å². The highest BCUT2D eigenvalue weighted by atomic mass is 32.2. The van der Waals surface area contributed by atoms with Gasteiger partial charge >= 0.3 is 16.3 Å². The Kier molecular flexibility index (Phi) is 5.36. The molecular weight excluding hydrogens is 258 g/mol. The zero-order valence-corrected chi connectivity index (χ0v) is 11.6. The fourth-order valence-corrected chi connectivity index (χ4v) is 3.57. The van der Waals surface area contributed by atoms with E-state index in [9.17, 15) is 13.2 Å². The lowest BCUT2D eigenvalue weighted by molar-refractivity contribution is 0.175. The number of methoxy groups -OCH3 is 1. The quantitative estimate of drug-likeness (QED) is 0.764. The van der Waals surface area contributed by atoms with Gasteiger partial charge in [-0.3, -0.25) is 0 Å². The van der Waals surface area contributed by atoms with Gasteiger partial charge in [-0.1, -0.05) is 6.92 Å². The lowest BCUT2D eigenvalue weighted by atomic mass is 9.92. The first-order valence-electron chi connectivity index (χ1n) is 6.03. The van der Waals surface area contributed by atoms with Crippen molar-refractivity contribution < 1.29 is 17.9 Å². The van der Waals surface area contributed by atoms with Crippen molar-refractivity contribution in [3.05, 3.63) is 0 Å². The van der Waals surface area contributed by atoms with E-state index in [1.54, 1.807) is 6.92 Å². The summed E-state index contributed by atoms with van der Waals surface area (Å²) < 4.78 is 31.5. The molecule has 0 saturated heterocycles. The van der Waals surface area contributed by atoms with E-state index in [4.69, 9.17) is 5.73 Å². The molecule has 0 atom stereocenters. The van der Waals surface area contributed by atoms with Crippen molar-refractivity contribution in [2.45, 2.75) is 44.7 Å². The average Bonchev–Trinajstić information content (AvgIpc) is 2.31. The van der Waals surface area contributed by atoms with Gasteiger partial charge in [-0.05, 0) is 25.7 Å². The topological polar surface area (TPSA) is 102 Å². The Hall–Kier alpha value is -0.860. The second-order valence-electron chi connectivity index (χ2n) is 4.37. The maximum Gasteiger partial charge on any atom is 0.421 e. The van der Waals surface area contributed by atoms with Gasteiger partial charge in [0.2, 0.25) is 0 Å². The van der Waals surface area contributed by atoms with Crippen LogP contribution in [0.2, 0.25) is 0 Å². The molecule has 1 fully saturated rings. The summed E-state index contributed by atoms with van der Waals surface area (Å²) in [6.45, 7) is 2.05. The van der Waals surface area contributed by atoms with Crippen LogP contribution in [0.15, 0.2) is 0 Å². The fourth-order valence-electron chi connectivity index (χ4n) is 2.22. The second-order valence-corrected chi connectivity index (χ2v) is 5.99. The molecule has 1 aliphatic rings. The van der Waals surface area contributed by atoms with E-state index in [2.05, 4.69) is 4.74 Å². The van der Waals surface area contributed by atoms with Crippen LogP contribution < -0.4 is 10.5 Å². The molecule has 18 heavy (non-hydrogen) atoms. The predicted octanol–water partition coefficient (Wildman–Crippen LogP) is 0.179. The van der Waals surface area contributed by atoms with Gasteiger partial charge < -0.3 is 10.5 Å². The lowest BCUT2D eigenvalue weighted by Crippen LogP contribution is -2.50. The smallest absolute Gasteiger partial charge is 0.421 e. The largest absolute Gasteiger partial charge is 0.452 e. The molecule has 0 heterocycles. The molecule has 8 heteroatoms. The van der Waals surface area contributed by atoms with E-state index in [1.807, 2.05) is 4.72 Å². The first-order valence-corrected chi connectivity index (χ1v) is 7.47. The number of hydrogen-bond donors (Lipinski definition) is 2. The molecule has 106 valence electrons. The standard InChI is InChI=1S/C10H21N3O4S/c1-3-13(9-6-4-8(11)5-7-9)18(15,16)12-10(14)17-2/h8-9H,3-7,11H2,1-2H3,(H,12,14). The van der Waals surface area contributed by atoms with Crippen LogP contribution in [0.4, 0.5) is 4.79 Å². The van der Waals surface area contributed by atoms with E-state index >= 15 is 0 Å². The van der Waals surface area contributed by atoms with E-state index in [0.29, 0.717) is 6.54 Å². The number of amides is 1. The molecule has 7 nitrogen and oxygen atoms in total. The van der Waals surface area contributed by atoms with Crippen LogP contribution in [0.5, 0.6) is 0 Å². The predicted molar refractivity (Wildman–Crippen MR) is 67.1 cm³/mol. The van der Waals surface area contributed by atoms with Crippen LogP contribution in [0, 0.1) is 0 Å². The van der Waals surface area contributed by atoms with Crippen molar-refractivity contribution in [3.8, 4) is 0 Å². The maximum absolute atomic E-state index is 12.0. The molecule has 0 aromatic heterocycles. The minimum atomic E-state index is -3.83. The van der Waals surface area contributed by atoms with Crippen LogP contribution in [-0.4, -0.2) is 44.6 Å². The molecule has 0 aromatic rings. The third-order valence-corrected chi connectivity index (χ3v) is 4.77. The zero-order valence-electron chi connectivity index (χ0n) is 10.8. The molecule has 0 aliphatic heterocycles. The highest BCUT2D eigenvalue weighted by Gasteiger charge is 2.32. The summed E-state index contributed by atoms with van der Waals surface area (Å²) in [6, 6.07) is 0.0492. The number of carbonyl (C=O) groups excluding carboxylic acids is 1. The van der Waals surface area contributed by atoms with Gasteiger partial charge in [0.1, 0.15) is 0 Å². The summed E-state index contributed by atoms with van der Waals surface area (Å²) in [5.74, 6) is 0. The third kappa shape index (κ3) is 3.82. The first-order chi connectivity index (χ1) is 8.40. The molecule has 1 aliphatic carbocycles. The first kappa shape index (κ1) is 15.2. The Bertz CT molecular complexity index is 377. The number of rotatable bonds is 4. The highest BCUT2D eigenvalue weighted by Crippen LogP contribution is 2.23. The molecule has 0 unspecified atom stereocenters. The lowest BCUT2D eigenvalue weighted by Gasteiger charge is -2.34. The van der Waals surface area contributed by atoms with Crippen molar-refractivity contribution in [1.29, 1.82) is 0 Å². The van der Waals surface area contributed by atoms with E-state index in [1.165, 1.54) is 4.31 Å². The molecular formula is C10H21N3O4S. The van der Waals surface area contributed by atoms with Crippen molar-refractivity contribution in [3.63, 3.8) is 0 Å². The van der Waals surface area contributed by atoms with Gasteiger partial charge in [-0.15, -0.1) is 0 Å². The van der Waals surface area contributed by atoms with Gasteiger partial charge in [0.25, 0.3) is 0 Å². The number of nitrogens with two attached hydrogens (primary N) is 1. The van der Waals surface area contributed by atoms with E-state index < -0.39 is 16.3 Å². The summed E-state index contributed by atoms with van der Waals surface area (Å²) in [4.78, 5) is 11.0. The van der Waals surface area contributed by atoms with Crippen LogP contribution >= 0.6 is 0 Å². The minimum absolute atomic E-state index is 0.100. The summed E-state index contributed by atoms with van der Waals surface area (Å²) in [5.41, 5.74) is 5.79. The third-order valence-electron chi connectivity index (χ3n) is 3.17. The van der Waals surface area contributed by atoms with Gasteiger partial charge in [0, 0.05) is 18.6 Å². The van der Waals surface area contributed by atoms with Gasteiger partial charge in [-0.25, -0.2) is 9.52 Å². The van der Waals surface area contributed by atoms with Crippen molar-refractivity contribution >= 4 is 16.3 Å². The molecule has 0 radical (unpaired) electrons. The number of carbonyl (C=O) groups is 1. The molecule has 1 saturated carbocycles. The van der Waals surface area contributed by atoms with Crippen LogP contribution in [0.25, 0.3) is 0 Å². The summed E-state index contributed by atoms with van der Waals surface area (Å²) in [7, 11) is -2.71. The Labute approximate surface area is 108 Å². The molecule has 0 spiro atoms. The Morgan fingerprint density at radius 1 is 1.39 bits per heavy atom. The normalized spacial score (nSPS) is 24.9. The van der Waals surface area contributed by atoms with Gasteiger partial charge in [0.15, 0.2) is 0 Å². The van der Waals surface area contributed by atoms with Crippen molar-refractivity contribution in [2.75, 3.05) is 13.7 Å². The maximum atomic E-state index is 12.0. The number of nitrogens with one attached hydrogen (secondary N) is 1. The van der Waals surface area contributed by atoms with Gasteiger partial charge in [0.05, 0.1) is 7.11 Å². The minimum Gasteiger partial charge on any atom is -0.452 e. The number of hydrogen-bond acceptors (Lipinski definition) is 5. The zero-order chi connectivity index (χ0) is 13.8. The molecule has 3 N–H and O–H groups in total. The summed E-state index contributed by atoms with van der Waals surface area (Å²) in [5, 5.41) is 0. The molecule has 0 bridgehead atoms. The monoisotopic (exact) mass is 279 g/mol. The van der Waals surface area contributed by atoms with Crippen LogP contribution in [0.3, 0.4) is 0 Å². The molecule has 0 aromatic carbocycles. The second kappa shape index (κ2) is 6.35. The van der Waals surface area contributed by atoms with Crippen LogP contribution in [-0.2, 0) is 14.9 Å². The number of nitrogens with zero attached hydrogens (tertiary/aromatic N) is 1. The Morgan fingerprint density at radius 2 is 1.94 bits per heavy atom. The summed E-state index contributed by atoms with van der Waals surface area (Å²) in [6.07, 6.45) is 2.07. The van der Waals surface area contributed by atoms with E-state index in [0.717, 1.165) is 32.8 Å². The average molecular weight is 279 g/mol. The SMILES string of the molecule is CCN(C1CCC(N)CC1)S(=O)(=O)NC(=O)OC. The van der Waals surface area contributed by atoms with Crippen LogP contribution in [0.1, 0.15) is 32.6 Å². The summed E-state index contributed by atoms with van der Waals surface area (Å²) >= 11 is 0. The molecule has 1 amide bonds. The Morgan fingerprint density at radius 3 is 2.39 bits per heavy atom.